The van der Waals surface area contributed by atoms with Crippen molar-refractivity contribution in [2.75, 3.05) is 26.2 Å². The van der Waals surface area contributed by atoms with Gasteiger partial charge in [-0.25, -0.2) is 0 Å². The number of benzene rings is 2. The third-order valence-corrected chi connectivity index (χ3v) is 5.47. The molecule has 0 N–H and O–H groups in total. The number of ketones is 1. The Morgan fingerprint density at radius 3 is 1.90 bits per heavy atom. The fourth-order valence-electron chi connectivity index (χ4n) is 3.49. The van der Waals surface area contributed by atoms with Crippen LogP contribution in [0.1, 0.15) is 51.6 Å². The van der Waals surface area contributed by atoms with Gasteiger partial charge in [0.1, 0.15) is 0 Å². The van der Waals surface area contributed by atoms with Gasteiger partial charge >= 0.3 is 0 Å². The minimum atomic E-state index is -0.0223. The summed E-state index contributed by atoms with van der Waals surface area (Å²) in [6, 6.07) is 15.1. The van der Waals surface area contributed by atoms with E-state index in [9.17, 15) is 14.4 Å². The third-order valence-electron chi connectivity index (χ3n) is 5.47. The third kappa shape index (κ3) is 5.31. The fourth-order valence-corrected chi connectivity index (χ4v) is 3.49. The number of carbonyl (C=O) groups excluding carboxylic acids is 3. The lowest BCUT2D eigenvalue weighted by Gasteiger charge is -2.35. The summed E-state index contributed by atoms with van der Waals surface area (Å²) in [6.45, 7) is 6.12. The first-order valence-electron chi connectivity index (χ1n) is 10.2. The van der Waals surface area contributed by atoms with Crippen LogP contribution in [0.25, 0.3) is 0 Å². The van der Waals surface area contributed by atoms with E-state index in [4.69, 9.17) is 0 Å². The fraction of sp³-hybridized carbons (Fsp3) is 0.375. The Balaban J connectivity index is 1.46. The number of piperazine rings is 1. The van der Waals surface area contributed by atoms with Crippen LogP contribution in [0.15, 0.2) is 48.5 Å². The van der Waals surface area contributed by atoms with E-state index in [1.807, 2.05) is 55.5 Å². The maximum absolute atomic E-state index is 12.6. The van der Waals surface area contributed by atoms with Gasteiger partial charge < -0.3 is 9.80 Å². The molecule has 3 rings (SSSR count). The molecule has 1 aliphatic heterocycles. The highest BCUT2D eigenvalue weighted by Crippen LogP contribution is 2.13. The summed E-state index contributed by atoms with van der Waals surface area (Å²) in [6.07, 6.45) is 1.36. The van der Waals surface area contributed by atoms with Gasteiger partial charge in [-0.05, 0) is 31.0 Å². The summed E-state index contributed by atoms with van der Waals surface area (Å²) < 4.78 is 0. The Labute approximate surface area is 172 Å². The van der Waals surface area contributed by atoms with Gasteiger partial charge in [-0.2, -0.15) is 0 Å². The maximum Gasteiger partial charge on any atom is 0.253 e. The molecule has 29 heavy (non-hydrogen) atoms. The molecule has 2 aromatic carbocycles. The molecule has 1 fully saturated rings. The molecule has 0 radical (unpaired) electrons. The molecule has 0 aromatic heterocycles. The van der Waals surface area contributed by atoms with Crippen molar-refractivity contribution in [3.63, 3.8) is 0 Å². The highest BCUT2D eigenvalue weighted by atomic mass is 16.2. The topological polar surface area (TPSA) is 57.7 Å². The van der Waals surface area contributed by atoms with E-state index < -0.39 is 0 Å². The van der Waals surface area contributed by atoms with E-state index >= 15 is 0 Å². The van der Waals surface area contributed by atoms with Crippen LogP contribution in [0.4, 0.5) is 0 Å². The largest absolute Gasteiger partial charge is 0.339 e. The summed E-state index contributed by atoms with van der Waals surface area (Å²) in [4.78, 5) is 40.9. The number of aryl methyl sites for hydroxylation is 2. The molecule has 1 saturated heterocycles. The highest BCUT2D eigenvalue weighted by molar-refractivity contribution is 5.98. The van der Waals surface area contributed by atoms with Crippen LogP contribution < -0.4 is 0 Å². The standard InChI is InChI=1S/C24H28N2O3/c1-3-19-6-10-20(11-7-19)22(27)12-13-23(28)25-14-16-26(17-15-25)24(29)21-8-4-18(2)5-9-21/h4-11H,3,12-17H2,1-2H3. The summed E-state index contributed by atoms with van der Waals surface area (Å²) in [5.41, 5.74) is 3.64. The molecular weight excluding hydrogens is 364 g/mol. The zero-order chi connectivity index (χ0) is 20.8. The lowest BCUT2D eigenvalue weighted by Crippen LogP contribution is -2.50. The first-order chi connectivity index (χ1) is 14.0. The number of carbonyl (C=O) groups is 3. The molecule has 0 unspecified atom stereocenters. The number of Topliss-reactive ketones (excluding diaryl/α,β-unsaturated/α-hetero) is 1. The van der Waals surface area contributed by atoms with Crippen molar-refractivity contribution in [2.45, 2.75) is 33.1 Å². The highest BCUT2D eigenvalue weighted by Gasteiger charge is 2.25. The van der Waals surface area contributed by atoms with Gasteiger partial charge in [-0.15, -0.1) is 0 Å². The second kappa shape index (κ2) is 9.50. The SMILES string of the molecule is CCc1ccc(C(=O)CCC(=O)N2CCN(C(=O)c3ccc(C)cc3)CC2)cc1. The monoisotopic (exact) mass is 392 g/mol. The molecule has 0 atom stereocenters. The zero-order valence-corrected chi connectivity index (χ0v) is 17.2. The smallest absolute Gasteiger partial charge is 0.253 e. The summed E-state index contributed by atoms with van der Waals surface area (Å²) in [7, 11) is 0. The maximum atomic E-state index is 12.6. The Morgan fingerprint density at radius 1 is 0.759 bits per heavy atom. The first kappa shape index (κ1) is 20.8. The number of hydrogen-bond acceptors (Lipinski definition) is 3. The second-order valence-electron chi connectivity index (χ2n) is 7.51. The normalized spacial score (nSPS) is 14.0. The van der Waals surface area contributed by atoms with Crippen molar-refractivity contribution in [3.05, 3.63) is 70.8 Å². The molecule has 5 heteroatoms. The van der Waals surface area contributed by atoms with Crippen LogP contribution in [0.3, 0.4) is 0 Å². The van der Waals surface area contributed by atoms with E-state index in [2.05, 4.69) is 6.92 Å². The molecule has 0 bridgehead atoms. The van der Waals surface area contributed by atoms with Crippen molar-refractivity contribution < 1.29 is 14.4 Å². The van der Waals surface area contributed by atoms with E-state index in [1.54, 1.807) is 9.80 Å². The van der Waals surface area contributed by atoms with Crippen LogP contribution >= 0.6 is 0 Å². The van der Waals surface area contributed by atoms with Gasteiger partial charge in [-0.1, -0.05) is 48.9 Å². The minimum absolute atomic E-state index is 0.00260. The van der Waals surface area contributed by atoms with E-state index in [0.717, 1.165) is 12.0 Å². The van der Waals surface area contributed by atoms with Crippen LogP contribution in [0, 0.1) is 6.92 Å². The molecule has 0 aliphatic carbocycles. The van der Waals surface area contributed by atoms with Gasteiger partial charge in [0, 0.05) is 50.1 Å². The lowest BCUT2D eigenvalue weighted by atomic mass is 10.0. The van der Waals surface area contributed by atoms with Crippen molar-refractivity contribution in [1.82, 2.24) is 9.80 Å². The number of rotatable bonds is 6. The predicted octanol–water partition coefficient (Wildman–Crippen LogP) is 3.50. The minimum Gasteiger partial charge on any atom is -0.339 e. The molecule has 0 saturated carbocycles. The van der Waals surface area contributed by atoms with Gasteiger partial charge in [0.15, 0.2) is 5.78 Å². The molecule has 1 heterocycles. The van der Waals surface area contributed by atoms with Gasteiger partial charge in [-0.3, -0.25) is 14.4 Å². The lowest BCUT2D eigenvalue weighted by molar-refractivity contribution is -0.132. The second-order valence-corrected chi connectivity index (χ2v) is 7.51. The van der Waals surface area contributed by atoms with Crippen molar-refractivity contribution >= 4 is 17.6 Å². The van der Waals surface area contributed by atoms with Gasteiger partial charge in [0.05, 0.1) is 0 Å². The molecule has 1 aliphatic rings. The predicted molar refractivity (Wildman–Crippen MR) is 113 cm³/mol. The molecule has 5 nitrogen and oxygen atoms in total. The summed E-state index contributed by atoms with van der Waals surface area (Å²) in [5.74, 6) is -0.0250. The quantitative estimate of drug-likeness (QED) is 0.707. The molecular formula is C24H28N2O3. The number of amides is 2. The average Bonchev–Trinajstić information content (AvgIpc) is 2.77. The van der Waals surface area contributed by atoms with Crippen LogP contribution in [0.5, 0.6) is 0 Å². The van der Waals surface area contributed by atoms with Crippen LogP contribution in [-0.2, 0) is 11.2 Å². The Hall–Kier alpha value is -2.95. The van der Waals surface area contributed by atoms with Crippen molar-refractivity contribution in [3.8, 4) is 0 Å². The summed E-state index contributed by atoms with van der Waals surface area (Å²) in [5, 5.41) is 0. The van der Waals surface area contributed by atoms with Crippen molar-refractivity contribution in [1.29, 1.82) is 0 Å². The van der Waals surface area contributed by atoms with Crippen molar-refractivity contribution in [2.24, 2.45) is 0 Å². The molecule has 152 valence electrons. The number of hydrogen-bond donors (Lipinski definition) is 0. The zero-order valence-electron chi connectivity index (χ0n) is 17.2. The van der Waals surface area contributed by atoms with E-state index in [0.29, 0.717) is 37.3 Å². The Morgan fingerprint density at radius 2 is 1.31 bits per heavy atom. The Bertz CT molecular complexity index is 864. The molecule has 0 spiro atoms. The average molecular weight is 392 g/mol. The van der Waals surface area contributed by atoms with Crippen LogP contribution in [0.2, 0.25) is 0 Å². The van der Waals surface area contributed by atoms with Gasteiger partial charge in [0.2, 0.25) is 5.91 Å². The van der Waals surface area contributed by atoms with Gasteiger partial charge in [0.25, 0.3) is 5.91 Å². The Kier molecular flexibility index (Phi) is 6.81. The first-order valence-corrected chi connectivity index (χ1v) is 10.2. The molecule has 2 aromatic rings. The number of nitrogens with zero attached hydrogens (tertiary/aromatic N) is 2. The van der Waals surface area contributed by atoms with E-state index in [1.165, 1.54) is 5.56 Å². The van der Waals surface area contributed by atoms with Crippen LogP contribution in [-0.4, -0.2) is 53.6 Å². The summed E-state index contributed by atoms with van der Waals surface area (Å²) >= 11 is 0. The van der Waals surface area contributed by atoms with E-state index in [-0.39, 0.29) is 30.4 Å². The molecule has 2 amide bonds.